The van der Waals surface area contributed by atoms with Crippen molar-refractivity contribution in [2.24, 2.45) is 17.8 Å². The first-order chi connectivity index (χ1) is 15.2. The molecule has 0 aliphatic carbocycles. The molecule has 0 radical (unpaired) electrons. The van der Waals surface area contributed by atoms with E-state index in [0.717, 1.165) is 25.7 Å². The first-order valence-electron chi connectivity index (χ1n) is 12.0. The van der Waals surface area contributed by atoms with E-state index in [1.54, 1.807) is 16.7 Å². The number of unbranched alkanes of at least 4 members (excludes halogenated alkanes) is 2. The van der Waals surface area contributed by atoms with Crippen LogP contribution in [0.3, 0.4) is 0 Å². The van der Waals surface area contributed by atoms with Crippen molar-refractivity contribution in [3.63, 3.8) is 0 Å². The summed E-state index contributed by atoms with van der Waals surface area (Å²) in [6, 6.07) is -1.14. The Morgan fingerprint density at radius 3 is 2.47 bits per heavy atom. The van der Waals surface area contributed by atoms with E-state index in [4.69, 9.17) is 0 Å². The lowest BCUT2D eigenvalue weighted by atomic mass is 9.70. The zero-order chi connectivity index (χ0) is 23.6. The molecular weight excluding hydrogens is 494 g/mol. The van der Waals surface area contributed by atoms with Crippen molar-refractivity contribution in [3.8, 4) is 0 Å². The molecule has 3 saturated heterocycles. The van der Waals surface area contributed by atoms with Gasteiger partial charge in [-0.05, 0) is 25.2 Å². The average molecular weight is 533 g/mol. The SMILES string of the molecule is CCCCCNC(=O)C1N([C@@H](CO)C(C)C)C(=O)[C@@H]2[C@@H](C(=O)NCCC)[C@@H]3SC12CC3Br. The number of aliphatic hydroxyl groups is 1. The number of alkyl halides is 1. The zero-order valence-electron chi connectivity index (χ0n) is 19.6. The van der Waals surface area contributed by atoms with Crippen molar-refractivity contribution in [2.45, 2.75) is 86.7 Å². The highest BCUT2D eigenvalue weighted by atomic mass is 79.9. The summed E-state index contributed by atoms with van der Waals surface area (Å²) in [6.45, 7) is 8.97. The third-order valence-corrected chi connectivity index (χ3v) is 10.4. The second-order valence-corrected chi connectivity index (χ2v) is 12.4. The molecule has 3 unspecified atom stereocenters. The Bertz CT molecular complexity index is 723. The van der Waals surface area contributed by atoms with Crippen molar-refractivity contribution in [1.82, 2.24) is 15.5 Å². The van der Waals surface area contributed by atoms with Crippen LogP contribution in [-0.4, -0.2) is 74.3 Å². The van der Waals surface area contributed by atoms with E-state index in [0.29, 0.717) is 19.5 Å². The number of hydrogen-bond acceptors (Lipinski definition) is 5. The Hall–Kier alpha value is -0.800. The highest BCUT2D eigenvalue weighted by Gasteiger charge is 2.76. The molecule has 7 nitrogen and oxygen atoms in total. The largest absolute Gasteiger partial charge is 0.394 e. The number of carbonyl (C=O) groups excluding carboxylic acids is 3. The van der Waals surface area contributed by atoms with Crippen LogP contribution in [0.5, 0.6) is 0 Å². The third kappa shape index (κ3) is 4.33. The summed E-state index contributed by atoms with van der Waals surface area (Å²) in [5.74, 6) is -1.42. The summed E-state index contributed by atoms with van der Waals surface area (Å²) < 4.78 is -0.652. The van der Waals surface area contributed by atoms with Crippen LogP contribution in [0, 0.1) is 17.8 Å². The van der Waals surface area contributed by atoms with Crippen LogP contribution in [-0.2, 0) is 14.4 Å². The predicted octanol–water partition coefficient (Wildman–Crippen LogP) is 2.30. The number of thioether (sulfide) groups is 1. The number of amides is 3. The van der Waals surface area contributed by atoms with Crippen LogP contribution >= 0.6 is 27.7 Å². The van der Waals surface area contributed by atoms with Crippen LogP contribution in [0.25, 0.3) is 0 Å². The van der Waals surface area contributed by atoms with Crippen molar-refractivity contribution in [1.29, 1.82) is 0 Å². The van der Waals surface area contributed by atoms with E-state index < -0.39 is 28.7 Å². The van der Waals surface area contributed by atoms with Gasteiger partial charge in [0.25, 0.3) is 0 Å². The lowest BCUT2D eigenvalue weighted by Gasteiger charge is -2.38. The number of rotatable bonds is 11. The third-order valence-electron chi connectivity index (χ3n) is 7.22. The van der Waals surface area contributed by atoms with Gasteiger partial charge in [-0.25, -0.2) is 0 Å². The summed E-state index contributed by atoms with van der Waals surface area (Å²) in [5, 5.41) is 16.2. The smallest absolute Gasteiger partial charge is 0.244 e. The number of carbonyl (C=O) groups is 3. The first-order valence-corrected chi connectivity index (χ1v) is 13.8. The summed E-state index contributed by atoms with van der Waals surface area (Å²) in [4.78, 5) is 42.3. The lowest BCUT2D eigenvalue weighted by molar-refractivity contribution is -0.143. The molecule has 3 rings (SSSR count). The molecule has 32 heavy (non-hydrogen) atoms. The van der Waals surface area contributed by atoms with Gasteiger partial charge in [-0.15, -0.1) is 11.8 Å². The van der Waals surface area contributed by atoms with Gasteiger partial charge in [-0.3, -0.25) is 14.4 Å². The van der Waals surface area contributed by atoms with Crippen molar-refractivity contribution in [3.05, 3.63) is 0 Å². The molecule has 9 heteroatoms. The number of nitrogens with one attached hydrogen (secondary N) is 2. The lowest BCUT2D eigenvalue weighted by Crippen LogP contribution is -2.58. The summed E-state index contributed by atoms with van der Waals surface area (Å²) in [5.41, 5.74) is 0. The first kappa shape index (κ1) is 25.8. The van der Waals surface area contributed by atoms with Crippen LogP contribution in [0.4, 0.5) is 0 Å². The average Bonchev–Trinajstić information content (AvgIpc) is 3.33. The number of nitrogens with zero attached hydrogens (tertiary/aromatic N) is 1. The van der Waals surface area contributed by atoms with Crippen LogP contribution < -0.4 is 10.6 Å². The molecule has 3 fully saturated rings. The van der Waals surface area contributed by atoms with Gasteiger partial charge in [-0.2, -0.15) is 0 Å². The topological polar surface area (TPSA) is 98.7 Å². The minimum atomic E-state index is -0.680. The maximum atomic E-state index is 13.9. The molecule has 0 aromatic heterocycles. The van der Waals surface area contributed by atoms with Gasteiger partial charge in [0.15, 0.2) is 0 Å². The molecule has 1 spiro atoms. The number of halogens is 1. The second-order valence-electron chi connectivity index (χ2n) is 9.69. The van der Waals surface area contributed by atoms with Crippen LogP contribution in [0.2, 0.25) is 0 Å². The van der Waals surface area contributed by atoms with Crippen LogP contribution in [0.1, 0.15) is 59.8 Å². The molecule has 3 N–H and O–H groups in total. The zero-order valence-corrected chi connectivity index (χ0v) is 22.0. The molecule has 3 aliphatic rings. The van der Waals surface area contributed by atoms with E-state index in [2.05, 4.69) is 33.5 Å². The molecule has 182 valence electrons. The van der Waals surface area contributed by atoms with Crippen molar-refractivity contribution < 1.29 is 19.5 Å². The summed E-state index contributed by atoms with van der Waals surface area (Å²) in [7, 11) is 0. The van der Waals surface area contributed by atoms with Gasteiger partial charge < -0.3 is 20.6 Å². The standard InChI is InChI=1S/C23H38BrN3O4S/c1-5-7-8-10-26-21(30)19-23-11-14(24)18(32-23)16(20(29)25-9-6-2)17(23)22(31)27(19)15(12-28)13(3)4/h13-19,28H,5-12H2,1-4H3,(H,25,29)(H,26,30)/t14?,15-,16+,17-,18+,19?,23?/m0/s1. The Labute approximate surface area is 204 Å². The molecule has 0 saturated carbocycles. The van der Waals surface area contributed by atoms with Gasteiger partial charge in [0.1, 0.15) is 6.04 Å². The fourth-order valence-corrected chi connectivity index (χ4v) is 9.29. The van der Waals surface area contributed by atoms with Crippen LogP contribution in [0.15, 0.2) is 0 Å². The number of fused-ring (bicyclic) bond motifs is 1. The Kier molecular flexibility index (Phi) is 8.58. The normalized spacial score (nSPS) is 34.2. The predicted molar refractivity (Wildman–Crippen MR) is 131 cm³/mol. The fourth-order valence-electron chi connectivity index (χ4n) is 5.69. The number of hydrogen-bond donors (Lipinski definition) is 3. The van der Waals surface area contributed by atoms with Gasteiger partial charge >= 0.3 is 0 Å². The quantitative estimate of drug-likeness (QED) is 0.280. The minimum Gasteiger partial charge on any atom is -0.394 e. The van der Waals surface area contributed by atoms with Gasteiger partial charge in [0, 0.05) is 23.2 Å². The molecule has 3 amide bonds. The van der Waals surface area contributed by atoms with Crippen molar-refractivity contribution >= 4 is 45.4 Å². The summed E-state index contributed by atoms with van der Waals surface area (Å²) in [6.07, 6.45) is 4.48. The number of aliphatic hydroxyl groups excluding tert-OH is 1. The highest BCUT2D eigenvalue weighted by Crippen LogP contribution is 2.68. The molecule has 3 aliphatic heterocycles. The Morgan fingerprint density at radius 2 is 1.88 bits per heavy atom. The van der Waals surface area contributed by atoms with E-state index in [-0.39, 0.29) is 40.3 Å². The van der Waals surface area contributed by atoms with E-state index in [9.17, 15) is 19.5 Å². The number of likely N-dealkylation sites (tertiary alicyclic amines) is 1. The second kappa shape index (κ2) is 10.6. The maximum absolute atomic E-state index is 13.9. The Balaban J connectivity index is 1.98. The summed E-state index contributed by atoms with van der Waals surface area (Å²) >= 11 is 5.41. The molecular formula is C23H38BrN3O4S. The van der Waals surface area contributed by atoms with E-state index >= 15 is 0 Å². The molecule has 0 aromatic rings. The molecule has 7 atom stereocenters. The highest BCUT2D eigenvalue weighted by molar-refractivity contribution is 9.09. The fraction of sp³-hybridized carbons (Fsp3) is 0.870. The van der Waals surface area contributed by atoms with Gasteiger partial charge in [0.05, 0.1) is 29.2 Å². The monoisotopic (exact) mass is 531 g/mol. The Morgan fingerprint density at radius 1 is 1.19 bits per heavy atom. The molecule has 3 heterocycles. The molecule has 2 bridgehead atoms. The maximum Gasteiger partial charge on any atom is 0.244 e. The van der Waals surface area contributed by atoms with Gasteiger partial charge in [-0.1, -0.05) is 56.5 Å². The molecule has 0 aromatic carbocycles. The van der Waals surface area contributed by atoms with E-state index in [1.807, 2.05) is 20.8 Å². The van der Waals surface area contributed by atoms with Crippen molar-refractivity contribution in [2.75, 3.05) is 19.7 Å². The van der Waals surface area contributed by atoms with E-state index in [1.165, 1.54) is 0 Å². The minimum absolute atomic E-state index is 0.0103. The van der Waals surface area contributed by atoms with Gasteiger partial charge in [0.2, 0.25) is 17.7 Å².